The fourth-order valence-electron chi connectivity index (χ4n) is 2.16. The van der Waals surface area contributed by atoms with Gasteiger partial charge in [0, 0.05) is 6.42 Å². The van der Waals surface area contributed by atoms with Gasteiger partial charge in [-0.3, -0.25) is 0 Å². The maximum atomic E-state index is 11.6. The van der Waals surface area contributed by atoms with Gasteiger partial charge in [0.25, 0.3) is 0 Å². The molecule has 1 aromatic carbocycles. The molecule has 0 aliphatic heterocycles. The standard InChI is InChI=1S/C18H25N3O4/c1-5-24-16-9-7-6-8-15(16)21-12-14(19-20-21)10-11-23-13-17(22)25-18(2,3)4/h6-9,12H,5,10-11,13H2,1-4H3. The van der Waals surface area contributed by atoms with E-state index in [0.717, 1.165) is 17.1 Å². The Balaban J connectivity index is 1.85. The van der Waals surface area contributed by atoms with Crippen molar-refractivity contribution in [2.45, 2.75) is 39.7 Å². The Labute approximate surface area is 147 Å². The zero-order chi connectivity index (χ0) is 18.3. The summed E-state index contributed by atoms with van der Waals surface area (Å²) in [4.78, 5) is 11.6. The summed E-state index contributed by atoms with van der Waals surface area (Å²) in [5.74, 6) is 0.379. The molecular formula is C18H25N3O4. The number of hydrogen-bond donors (Lipinski definition) is 0. The molecule has 7 heteroatoms. The first kappa shape index (κ1) is 18.9. The first-order valence-electron chi connectivity index (χ1n) is 8.32. The SMILES string of the molecule is CCOc1ccccc1-n1cc(CCOCC(=O)OC(C)(C)C)nn1. The van der Waals surface area contributed by atoms with Crippen LogP contribution in [0.4, 0.5) is 0 Å². The molecule has 0 N–H and O–H groups in total. The zero-order valence-corrected chi connectivity index (χ0v) is 15.2. The molecule has 0 fully saturated rings. The second-order valence-electron chi connectivity index (χ2n) is 6.44. The van der Waals surface area contributed by atoms with E-state index in [1.807, 2.05) is 58.2 Å². The molecule has 0 saturated heterocycles. The van der Waals surface area contributed by atoms with E-state index in [9.17, 15) is 4.79 Å². The average molecular weight is 347 g/mol. The third-order valence-corrected chi connectivity index (χ3v) is 3.10. The summed E-state index contributed by atoms with van der Waals surface area (Å²) in [7, 11) is 0. The quantitative estimate of drug-likeness (QED) is 0.540. The summed E-state index contributed by atoms with van der Waals surface area (Å²) >= 11 is 0. The van der Waals surface area contributed by atoms with Crippen LogP contribution in [-0.4, -0.2) is 46.4 Å². The third kappa shape index (κ3) is 6.19. The molecule has 0 atom stereocenters. The van der Waals surface area contributed by atoms with Crippen LogP contribution in [0.2, 0.25) is 0 Å². The van der Waals surface area contributed by atoms with Crippen LogP contribution in [0, 0.1) is 0 Å². The summed E-state index contributed by atoms with van der Waals surface area (Å²) in [5.41, 5.74) is 1.10. The Hall–Kier alpha value is -2.41. The van der Waals surface area contributed by atoms with Crippen LogP contribution >= 0.6 is 0 Å². The van der Waals surface area contributed by atoms with Crippen LogP contribution in [0.5, 0.6) is 5.75 Å². The van der Waals surface area contributed by atoms with Gasteiger partial charge in [-0.05, 0) is 39.8 Å². The van der Waals surface area contributed by atoms with Gasteiger partial charge < -0.3 is 14.2 Å². The molecule has 0 unspecified atom stereocenters. The number of aromatic nitrogens is 3. The summed E-state index contributed by atoms with van der Waals surface area (Å²) in [6, 6.07) is 7.65. The maximum absolute atomic E-state index is 11.6. The molecule has 0 spiro atoms. The van der Waals surface area contributed by atoms with E-state index in [4.69, 9.17) is 14.2 Å². The van der Waals surface area contributed by atoms with Crippen molar-refractivity contribution in [3.05, 3.63) is 36.2 Å². The molecule has 7 nitrogen and oxygen atoms in total. The van der Waals surface area contributed by atoms with Crippen molar-refractivity contribution in [1.29, 1.82) is 0 Å². The summed E-state index contributed by atoms with van der Waals surface area (Å²) in [6.45, 7) is 8.28. The van der Waals surface area contributed by atoms with Gasteiger partial charge in [-0.2, -0.15) is 0 Å². The molecule has 25 heavy (non-hydrogen) atoms. The van der Waals surface area contributed by atoms with Gasteiger partial charge in [0.05, 0.1) is 25.1 Å². The number of benzene rings is 1. The lowest BCUT2D eigenvalue weighted by atomic mass is 10.2. The zero-order valence-electron chi connectivity index (χ0n) is 15.2. The molecular weight excluding hydrogens is 322 g/mol. The topological polar surface area (TPSA) is 75.5 Å². The van der Waals surface area contributed by atoms with Gasteiger partial charge >= 0.3 is 5.97 Å². The molecule has 0 saturated carbocycles. The van der Waals surface area contributed by atoms with Crippen LogP contribution in [0.1, 0.15) is 33.4 Å². The first-order valence-corrected chi connectivity index (χ1v) is 8.32. The molecule has 0 amide bonds. The van der Waals surface area contributed by atoms with Gasteiger partial charge in [-0.15, -0.1) is 5.10 Å². The summed E-state index contributed by atoms with van der Waals surface area (Å²) in [6.07, 6.45) is 2.38. The van der Waals surface area contributed by atoms with Crippen molar-refractivity contribution in [1.82, 2.24) is 15.0 Å². The Morgan fingerprint density at radius 1 is 1.24 bits per heavy atom. The number of para-hydroxylation sites is 2. The number of hydrogen-bond acceptors (Lipinski definition) is 6. The molecule has 2 rings (SSSR count). The number of rotatable bonds is 8. The Bertz CT molecular complexity index is 692. The lowest BCUT2D eigenvalue weighted by Gasteiger charge is -2.19. The van der Waals surface area contributed by atoms with E-state index >= 15 is 0 Å². The minimum Gasteiger partial charge on any atom is -0.492 e. The summed E-state index contributed by atoms with van der Waals surface area (Å²) < 4.78 is 17.8. The molecule has 0 aliphatic rings. The number of carbonyl (C=O) groups is 1. The van der Waals surface area contributed by atoms with E-state index in [2.05, 4.69) is 10.3 Å². The molecule has 1 aromatic heterocycles. The fraction of sp³-hybridized carbons (Fsp3) is 0.500. The summed E-state index contributed by atoms with van der Waals surface area (Å²) in [5, 5.41) is 8.26. The van der Waals surface area contributed by atoms with Crippen molar-refractivity contribution in [3.8, 4) is 11.4 Å². The Morgan fingerprint density at radius 2 is 2.00 bits per heavy atom. The van der Waals surface area contributed by atoms with E-state index in [-0.39, 0.29) is 12.6 Å². The van der Waals surface area contributed by atoms with Crippen molar-refractivity contribution < 1.29 is 19.0 Å². The molecule has 0 aliphatic carbocycles. The third-order valence-electron chi connectivity index (χ3n) is 3.10. The number of carbonyl (C=O) groups excluding carboxylic acids is 1. The monoisotopic (exact) mass is 347 g/mol. The highest BCUT2D eigenvalue weighted by molar-refractivity contribution is 5.71. The number of esters is 1. The minimum absolute atomic E-state index is 0.0709. The Kier molecular flexibility index (Phi) is 6.52. The molecule has 0 radical (unpaired) electrons. The van der Waals surface area contributed by atoms with Crippen LogP contribution in [0.25, 0.3) is 5.69 Å². The second kappa shape index (κ2) is 8.62. The number of ether oxygens (including phenoxy) is 3. The minimum atomic E-state index is -0.503. The average Bonchev–Trinajstić information content (AvgIpc) is 2.99. The highest BCUT2D eigenvalue weighted by Crippen LogP contribution is 2.21. The van der Waals surface area contributed by atoms with Gasteiger partial charge in [-0.25, -0.2) is 9.48 Å². The van der Waals surface area contributed by atoms with Crippen molar-refractivity contribution in [3.63, 3.8) is 0 Å². The van der Waals surface area contributed by atoms with Gasteiger partial charge in [0.2, 0.25) is 0 Å². The van der Waals surface area contributed by atoms with Crippen LogP contribution < -0.4 is 4.74 Å². The molecule has 0 bridgehead atoms. The lowest BCUT2D eigenvalue weighted by molar-refractivity contribution is -0.160. The highest BCUT2D eigenvalue weighted by Gasteiger charge is 2.16. The van der Waals surface area contributed by atoms with Gasteiger partial charge in [0.1, 0.15) is 23.6 Å². The second-order valence-corrected chi connectivity index (χ2v) is 6.44. The first-order chi connectivity index (χ1) is 11.9. The van der Waals surface area contributed by atoms with Gasteiger partial charge in [-0.1, -0.05) is 17.3 Å². The van der Waals surface area contributed by atoms with E-state index in [1.54, 1.807) is 4.68 Å². The molecule has 2 aromatic rings. The Morgan fingerprint density at radius 3 is 2.72 bits per heavy atom. The van der Waals surface area contributed by atoms with Gasteiger partial charge in [0.15, 0.2) is 0 Å². The normalized spacial score (nSPS) is 11.4. The van der Waals surface area contributed by atoms with Crippen molar-refractivity contribution >= 4 is 5.97 Å². The molecule has 136 valence electrons. The fourth-order valence-corrected chi connectivity index (χ4v) is 2.16. The van der Waals surface area contributed by atoms with E-state index in [1.165, 1.54) is 0 Å². The smallest absolute Gasteiger partial charge is 0.332 e. The lowest BCUT2D eigenvalue weighted by Crippen LogP contribution is -2.26. The molecule has 1 heterocycles. The van der Waals surface area contributed by atoms with Crippen LogP contribution in [0.3, 0.4) is 0 Å². The predicted octanol–water partition coefficient (Wildman–Crippen LogP) is 2.57. The highest BCUT2D eigenvalue weighted by atomic mass is 16.6. The number of nitrogens with zero attached hydrogens (tertiary/aromatic N) is 3. The van der Waals surface area contributed by atoms with Crippen molar-refractivity contribution in [2.24, 2.45) is 0 Å². The van der Waals surface area contributed by atoms with E-state index in [0.29, 0.717) is 19.6 Å². The largest absolute Gasteiger partial charge is 0.492 e. The maximum Gasteiger partial charge on any atom is 0.332 e. The van der Waals surface area contributed by atoms with E-state index < -0.39 is 5.60 Å². The van der Waals surface area contributed by atoms with Crippen molar-refractivity contribution in [2.75, 3.05) is 19.8 Å². The predicted molar refractivity (Wildman–Crippen MR) is 92.9 cm³/mol. The van der Waals surface area contributed by atoms with Crippen LogP contribution in [0.15, 0.2) is 30.5 Å². The van der Waals surface area contributed by atoms with Crippen LogP contribution in [-0.2, 0) is 20.7 Å².